The molecular weight excluding hydrogens is 439 g/mol. The number of rotatable bonds is 5. The topological polar surface area (TPSA) is 96.4 Å². The lowest BCUT2D eigenvalue weighted by molar-refractivity contribution is -0.137. The normalized spacial score (nSPS) is 13.0. The molecule has 172 valence electrons. The fourth-order valence-electron chi connectivity index (χ4n) is 4.01. The molecule has 2 N–H and O–H groups in total. The Labute approximate surface area is 186 Å². The minimum Gasteiger partial charge on any atom is -0.497 e. The van der Waals surface area contributed by atoms with Gasteiger partial charge in [-0.1, -0.05) is 0 Å². The molecule has 0 saturated heterocycles. The first-order valence-corrected chi connectivity index (χ1v) is 10.0. The molecule has 3 aromatic rings. The van der Waals surface area contributed by atoms with E-state index in [2.05, 4.69) is 5.10 Å². The molecule has 0 unspecified atom stereocenters. The van der Waals surface area contributed by atoms with E-state index in [9.17, 15) is 22.8 Å². The van der Waals surface area contributed by atoms with Crippen LogP contribution in [0.15, 0.2) is 41.2 Å². The number of nitrogens with two attached hydrogens (primary N) is 1. The van der Waals surface area contributed by atoms with E-state index in [0.29, 0.717) is 57.8 Å². The van der Waals surface area contributed by atoms with Gasteiger partial charge in [-0.25, -0.2) is 0 Å². The lowest BCUT2D eigenvalue weighted by Gasteiger charge is -2.18. The van der Waals surface area contributed by atoms with Gasteiger partial charge in [0.1, 0.15) is 11.5 Å². The zero-order chi connectivity index (χ0) is 23.9. The number of fused-ring (bicyclic) bond motifs is 1. The molecule has 1 aliphatic rings. The fraction of sp³-hybridized carbons (Fsp3) is 0.261. The van der Waals surface area contributed by atoms with Gasteiger partial charge in [-0.2, -0.15) is 23.0 Å². The number of primary amides is 1. The second-order valence-electron chi connectivity index (χ2n) is 7.57. The molecule has 33 heavy (non-hydrogen) atoms. The molecule has 7 nitrogen and oxygen atoms in total. The third kappa shape index (κ3) is 4.04. The van der Waals surface area contributed by atoms with Crippen LogP contribution in [-0.2, 0) is 19.0 Å². The summed E-state index contributed by atoms with van der Waals surface area (Å²) < 4.78 is 52.7. The summed E-state index contributed by atoms with van der Waals surface area (Å²) in [5.74, 6) is 0.00152. The largest absolute Gasteiger partial charge is 0.497 e. The van der Waals surface area contributed by atoms with E-state index in [-0.39, 0.29) is 5.56 Å². The van der Waals surface area contributed by atoms with Crippen LogP contribution in [0.5, 0.6) is 11.5 Å². The lowest BCUT2D eigenvalue weighted by Crippen LogP contribution is -2.28. The average Bonchev–Trinajstić information content (AvgIpc) is 3.28. The van der Waals surface area contributed by atoms with Crippen molar-refractivity contribution in [1.29, 1.82) is 0 Å². The molecule has 1 aliphatic carbocycles. The molecule has 0 radical (unpaired) electrons. The van der Waals surface area contributed by atoms with Crippen LogP contribution in [0.25, 0.3) is 16.9 Å². The van der Waals surface area contributed by atoms with Gasteiger partial charge in [-0.3, -0.25) is 9.59 Å². The molecule has 0 atom stereocenters. The van der Waals surface area contributed by atoms with Crippen LogP contribution in [0, 0.1) is 0 Å². The van der Waals surface area contributed by atoms with E-state index in [1.54, 1.807) is 18.2 Å². The summed E-state index contributed by atoms with van der Waals surface area (Å²) in [7, 11) is 2.95. The highest BCUT2D eigenvalue weighted by molar-refractivity contribution is 5.93. The van der Waals surface area contributed by atoms with Crippen LogP contribution in [0.4, 0.5) is 13.2 Å². The maximum absolute atomic E-state index is 13.8. The Balaban J connectivity index is 2.05. The van der Waals surface area contributed by atoms with E-state index in [1.807, 2.05) is 0 Å². The summed E-state index contributed by atoms with van der Waals surface area (Å²) in [5.41, 5.74) is 4.72. The predicted molar refractivity (Wildman–Crippen MR) is 114 cm³/mol. The van der Waals surface area contributed by atoms with Crippen molar-refractivity contribution < 1.29 is 27.4 Å². The molecule has 1 amide bonds. The number of alkyl halides is 3. The molecule has 0 fully saturated rings. The SMILES string of the molecule is COc1cc(OC)cc(-c2nn(-c3cc(C(N)=O)ccc3C(F)(F)F)c(=O)c3c2CCC3)c1. The first kappa shape index (κ1) is 22.4. The molecule has 0 saturated carbocycles. The molecule has 10 heteroatoms. The molecule has 4 rings (SSSR count). The number of carbonyl (C=O) groups is 1. The van der Waals surface area contributed by atoms with E-state index in [1.165, 1.54) is 14.2 Å². The van der Waals surface area contributed by atoms with Crippen LogP contribution >= 0.6 is 0 Å². The Morgan fingerprint density at radius 1 is 1.03 bits per heavy atom. The number of amides is 1. The number of hydrogen-bond donors (Lipinski definition) is 1. The summed E-state index contributed by atoms with van der Waals surface area (Å²) in [6, 6.07) is 7.63. The standard InChI is InChI=1S/C23H20F3N3O4/c1-32-14-8-13(9-15(11-14)33-2)20-16-4-3-5-17(16)22(31)29(28-20)19-10-12(21(27)30)6-7-18(19)23(24,25)26/h6-11H,3-5H2,1-2H3,(H2,27,30). The highest BCUT2D eigenvalue weighted by atomic mass is 19.4. The van der Waals surface area contributed by atoms with Gasteiger partial charge in [-0.15, -0.1) is 0 Å². The summed E-state index contributed by atoms with van der Waals surface area (Å²) >= 11 is 0. The molecule has 1 aromatic heterocycles. The zero-order valence-electron chi connectivity index (χ0n) is 17.8. The Morgan fingerprint density at radius 3 is 2.24 bits per heavy atom. The smallest absolute Gasteiger partial charge is 0.418 e. The Morgan fingerprint density at radius 2 is 1.67 bits per heavy atom. The van der Waals surface area contributed by atoms with E-state index in [4.69, 9.17) is 15.2 Å². The Kier molecular flexibility index (Phi) is 5.61. The number of hydrogen-bond acceptors (Lipinski definition) is 5. The van der Waals surface area contributed by atoms with E-state index < -0.39 is 28.9 Å². The molecular formula is C23H20F3N3O4. The van der Waals surface area contributed by atoms with Crippen molar-refractivity contribution in [2.24, 2.45) is 5.73 Å². The van der Waals surface area contributed by atoms with E-state index >= 15 is 0 Å². The second kappa shape index (κ2) is 8.27. The number of halogens is 3. The van der Waals surface area contributed by atoms with Gasteiger partial charge in [0, 0.05) is 22.8 Å². The first-order chi connectivity index (χ1) is 15.6. The highest BCUT2D eigenvalue weighted by Crippen LogP contribution is 2.37. The summed E-state index contributed by atoms with van der Waals surface area (Å²) in [5, 5.41) is 4.35. The quantitative estimate of drug-likeness (QED) is 0.630. The minimum absolute atomic E-state index is 0.170. The van der Waals surface area contributed by atoms with Crippen molar-refractivity contribution in [1.82, 2.24) is 9.78 Å². The van der Waals surface area contributed by atoms with Crippen molar-refractivity contribution in [3.8, 4) is 28.4 Å². The maximum Gasteiger partial charge on any atom is 0.418 e. The number of carbonyl (C=O) groups excluding carboxylic acids is 1. The molecule has 1 heterocycles. The first-order valence-electron chi connectivity index (χ1n) is 10.0. The fourth-order valence-corrected chi connectivity index (χ4v) is 4.01. The third-order valence-electron chi connectivity index (χ3n) is 5.59. The Hall–Kier alpha value is -3.82. The van der Waals surface area contributed by atoms with Crippen LogP contribution in [0.1, 0.15) is 33.5 Å². The van der Waals surface area contributed by atoms with Gasteiger partial charge in [-0.05, 0) is 55.2 Å². The number of methoxy groups -OCH3 is 2. The maximum atomic E-state index is 13.8. The highest BCUT2D eigenvalue weighted by Gasteiger charge is 2.36. The number of aromatic nitrogens is 2. The molecule has 0 aliphatic heterocycles. The van der Waals surface area contributed by atoms with Gasteiger partial charge in [0.25, 0.3) is 5.56 Å². The average molecular weight is 459 g/mol. The third-order valence-corrected chi connectivity index (χ3v) is 5.59. The molecule has 0 bridgehead atoms. The van der Waals surface area contributed by atoms with Crippen LogP contribution in [-0.4, -0.2) is 29.9 Å². The predicted octanol–water partition coefficient (Wildman–Crippen LogP) is 3.52. The van der Waals surface area contributed by atoms with Gasteiger partial charge in [0.05, 0.1) is 31.2 Å². The van der Waals surface area contributed by atoms with Gasteiger partial charge < -0.3 is 15.2 Å². The minimum atomic E-state index is -4.79. The van der Waals surface area contributed by atoms with Crippen molar-refractivity contribution in [2.45, 2.75) is 25.4 Å². The molecule has 2 aromatic carbocycles. The van der Waals surface area contributed by atoms with E-state index in [0.717, 1.165) is 18.2 Å². The van der Waals surface area contributed by atoms with Gasteiger partial charge >= 0.3 is 6.18 Å². The Bertz CT molecular complexity index is 1290. The summed E-state index contributed by atoms with van der Waals surface area (Å²) in [6.45, 7) is 0. The van der Waals surface area contributed by atoms with Gasteiger partial charge in [0.2, 0.25) is 5.91 Å². The summed E-state index contributed by atoms with van der Waals surface area (Å²) in [6.07, 6.45) is -3.16. The molecule has 0 spiro atoms. The van der Waals surface area contributed by atoms with Crippen LogP contribution < -0.4 is 20.8 Å². The van der Waals surface area contributed by atoms with Crippen LogP contribution in [0.2, 0.25) is 0 Å². The summed E-state index contributed by atoms with van der Waals surface area (Å²) in [4.78, 5) is 24.9. The monoisotopic (exact) mass is 459 g/mol. The number of ether oxygens (including phenoxy) is 2. The second-order valence-corrected chi connectivity index (χ2v) is 7.57. The lowest BCUT2D eigenvalue weighted by atomic mass is 10.0. The van der Waals surface area contributed by atoms with Crippen LogP contribution in [0.3, 0.4) is 0 Å². The van der Waals surface area contributed by atoms with Gasteiger partial charge in [0.15, 0.2) is 0 Å². The number of nitrogens with zero attached hydrogens (tertiary/aromatic N) is 2. The van der Waals surface area contributed by atoms with Crippen molar-refractivity contribution in [3.63, 3.8) is 0 Å². The van der Waals surface area contributed by atoms with Crippen molar-refractivity contribution >= 4 is 5.91 Å². The van der Waals surface area contributed by atoms with Crippen molar-refractivity contribution in [3.05, 3.63) is 69.0 Å². The van der Waals surface area contributed by atoms with Crippen molar-refractivity contribution in [2.75, 3.05) is 14.2 Å². The zero-order valence-corrected chi connectivity index (χ0v) is 17.8. The number of benzene rings is 2.